The smallest absolute Gasteiger partial charge is 0.222 e. The van der Waals surface area contributed by atoms with E-state index < -0.39 is 0 Å². The van der Waals surface area contributed by atoms with Crippen molar-refractivity contribution in [3.8, 4) is 6.07 Å². The van der Waals surface area contributed by atoms with Crippen molar-refractivity contribution >= 4 is 5.91 Å². The molecule has 20 heavy (non-hydrogen) atoms. The van der Waals surface area contributed by atoms with Crippen molar-refractivity contribution in [2.45, 2.75) is 44.6 Å². The van der Waals surface area contributed by atoms with Gasteiger partial charge >= 0.3 is 0 Å². The highest BCUT2D eigenvalue weighted by Gasteiger charge is 2.29. The molecule has 0 radical (unpaired) electrons. The van der Waals surface area contributed by atoms with Gasteiger partial charge in [0.25, 0.3) is 0 Å². The molecule has 2 aliphatic rings. The largest absolute Gasteiger partial charge is 0.340 e. The highest BCUT2D eigenvalue weighted by molar-refractivity contribution is 5.76. The van der Waals surface area contributed by atoms with Crippen LogP contribution in [0.2, 0.25) is 0 Å². The number of aromatic nitrogens is 2. The molecule has 0 N–H and O–H groups in total. The van der Waals surface area contributed by atoms with Crippen molar-refractivity contribution in [3.05, 3.63) is 18.0 Å². The Morgan fingerprint density at radius 1 is 1.40 bits per heavy atom. The highest BCUT2D eigenvalue weighted by atomic mass is 16.2. The topological polar surface area (TPSA) is 61.9 Å². The standard InChI is InChI=1S/C15H20N4O/c16-8-13-9-17-19(10-13)14-5-6-18(11-14)15(20)7-12-3-1-2-4-12/h9-10,12,14H,1-7,11H2. The molecule has 3 rings (SSSR count). The molecule has 0 aromatic carbocycles. The average molecular weight is 272 g/mol. The van der Waals surface area contributed by atoms with Gasteiger partial charge in [0.2, 0.25) is 5.91 Å². The van der Waals surface area contributed by atoms with E-state index in [1.54, 1.807) is 12.4 Å². The number of nitrogens with zero attached hydrogens (tertiary/aromatic N) is 4. The van der Waals surface area contributed by atoms with Gasteiger partial charge in [0.05, 0.1) is 17.8 Å². The zero-order chi connectivity index (χ0) is 13.9. The van der Waals surface area contributed by atoms with Crippen molar-refractivity contribution in [1.82, 2.24) is 14.7 Å². The summed E-state index contributed by atoms with van der Waals surface area (Å²) in [5, 5.41) is 13.0. The van der Waals surface area contributed by atoms with Gasteiger partial charge in [0.15, 0.2) is 0 Å². The van der Waals surface area contributed by atoms with E-state index in [-0.39, 0.29) is 6.04 Å². The van der Waals surface area contributed by atoms with Crippen molar-refractivity contribution in [2.24, 2.45) is 5.92 Å². The van der Waals surface area contributed by atoms with Gasteiger partial charge in [-0.15, -0.1) is 0 Å². The molecule has 1 amide bonds. The number of hydrogen-bond donors (Lipinski definition) is 0. The SMILES string of the molecule is N#Cc1cnn(C2CCN(C(=O)CC3CCCC3)C2)c1. The third kappa shape index (κ3) is 2.69. The summed E-state index contributed by atoms with van der Waals surface area (Å²) in [6, 6.07) is 2.32. The average Bonchev–Trinajstić information content (AvgIpc) is 3.19. The van der Waals surface area contributed by atoms with Gasteiger partial charge in [-0.3, -0.25) is 9.48 Å². The summed E-state index contributed by atoms with van der Waals surface area (Å²) in [6.07, 6.45) is 10.0. The molecule has 0 bridgehead atoms. The fourth-order valence-corrected chi connectivity index (χ4v) is 3.37. The Kier molecular flexibility index (Phi) is 3.72. The Balaban J connectivity index is 1.56. The normalized spacial score (nSPS) is 23.1. The molecule has 1 atom stereocenters. The van der Waals surface area contributed by atoms with E-state index in [1.165, 1.54) is 25.7 Å². The Bertz CT molecular complexity index is 524. The minimum absolute atomic E-state index is 0.227. The quantitative estimate of drug-likeness (QED) is 0.846. The zero-order valence-corrected chi connectivity index (χ0v) is 11.7. The molecule has 1 saturated heterocycles. The van der Waals surface area contributed by atoms with E-state index in [9.17, 15) is 4.79 Å². The summed E-state index contributed by atoms with van der Waals surface area (Å²) < 4.78 is 1.83. The summed E-state index contributed by atoms with van der Waals surface area (Å²) in [5.41, 5.74) is 0.584. The Labute approximate surface area is 119 Å². The molecular weight excluding hydrogens is 252 g/mol. The van der Waals surface area contributed by atoms with Crippen LogP contribution in [0.5, 0.6) is 0 Å². The van der Waals surface area contributed by atoms with Crippen LogP contribution in [-0.4, -0.2) is 33.7 Å². The molecule has 5 heteroatoms. The molecule has 1 aromatic rings. The maximum atomic E-state index is 12.3. The molecule has 1 unspecified atom stereocenters. The summed E-state index contributed by atoms with van der Waals surface area (Å²) in [6.45, 7) is 1.55. The van der Waals surface area contributed by atoms with Crippen LogP contribution in [0.3, 0.4) is 0 Å². The Morgan fingerprint density at radius 3 is 2.90 bits per heavy atom. The van der Waals surface area contributed by atoms with E-state index >= 15 is 0 Å². The predicted octanol–water partition coefficient (Wildman–Crippen LogP) is 2.11. The number of hydrogen-bond acceptors (Lipinski definition) is 3. The lowest BCUT2D eigenvalue weighted by molar-refractivity contribution is -0.131. The molecule has 106 valence electrons. The monoisotopic (exact) mass is 272 g/mol. The second kappa shape index (κ2) is 5.66. The summed E-state index contributed by atoms with van der Waals surface area (Å²) in [7, 11) is 0. The van der Waals surface area contributed by atoms with Gasteiger partial charge in [0, 0.05) is 25.7 Å². The van der Waals surface area contributed by atoms with Crippen LogP contribution in [-0.2, 0) is 4.79 Å². The summed E-state index contributed by atoms with van der Waals surface area (Å²) in [5.74, 6) is 0.906. The van der Waals surface area contributed by atoms with Crippen LogP contribution in [0.25, 0.3) is 0 Å². The van der Waals surface area contributed by atoms with E-state index in [4.69, 9.17) is 5.26 Å². The van der Waals surface area contributed by atoms with E-state index in [0.717, 1.165) is 25.9 Å². The van der Waals surface area contributed by atoms with Gasteiger partial charge in [-0.2, -0.15) is 10.4 Å². The van der Waals surface area contributed by atoms with Crippen LogP contribution in [0.15, 0.2) is 12.4 Å². The van der Waals surface area contributed by atoms with E-state index in [2.05, 4.69) is 11.2 Å². The number of amides is 1. The van der Waals surface area contributed by atoms with Crippen LogP contribution in [0, 0.1) is 17.2 Å². The number of likely N-dealkylation sites (tertiary alicyclic amines) is 1. The number of rotatable bonds is 3. The lowest BCUT2D eigenvalue weighted by Gasteiger charge is -2.18. The first-order valence-corrected chi connectivity index (χ1v) is 7.48. The molecule has 2 fully saturated rings. The maximum Gasteiger partial charge on any atom is 0.222 e. The lowest BCUT2D eigenvalue weighted by Crippen LogP contribution is -2.30. The molecule has 1 aliphatic carbocycles. The second-order valence-electron chi connectivity index (χ2n) is 5.96. The van der Waals surface area contributed by atoms with Crippen LogP contribution < -0.4 is 0 Å². The highest BCUT2D eigenvalue weighted by Crippen LogP contribution is 2.29. The minimum atomic E-state index is 0.227. The van der Waals surface area contributed by atoms with Crippen molar-refractivity contribution < 1.29 is 4.79 Å². The molecule has 1 aliphatic heterocycles. The van der Waals surface area contributed by atoms with Gasteiger partial charge in [-0.05, 0) is 25.2 Å². The van der Waals surface area contributed by atoms with Crippen LogP contribution in [0.1, 0.15) is 50.1 Å². The second-order valence-corrected chi connectivity index (χ2v) is 5.96. The van der Waals surface area contributed by atoms with Gasteiger partial charge < -0.3 is 4.90 Å². The Morgan fingerprint density at radius 2 is 2.20 bits per heavy atom. The summed E-state index contributed by atoms with van der Waals surface area (Å²) >= 11 is 0. The number of carbonyl (C=O) groups excluding carboxylic acids is 1. The molecule has 5 nitrogen and oxygen atoms in total. The zero-order valence-electron chi connectivity index (χ0n) is 11.7. The molecule has 0 spiro atoms. The van der Waals surface area contributed by atoms with E-state index in [0.29, 0.717) is 17.4 Å². The minimum Gasteiger partial charge on any atom is -0.340 e. The van der Waals surface area contributed by atoms with Crippen molar-refractivity contribution in [1.29, 1.82) is 5.26 Å². The lowest BCUT2D eigenvalue weighted by atomic mass is 10.0. The van der Waals surface area contributed by atoms with Crippen LogP contribution >= 0.6 is 0 Å². The van der Waals surface area contributed by atoms with Crippen molar-refractivity contribution in [2.75, 3.05) is 13.1 Å². The third-order valence-corrected chi connectivity index (χ3v) is 4.56. The van der Waals surface area contributed by atoms with Crippen molar-refractivity contribution in [3.63, 3.8) is 0 Å². The van der Waals surface area contributed by atoms with Crippen LogP contribution in [0.4, 0.5) is 0 Å². The maximum absolute atomic E-state index is 12.3. The number of nitriles is 1. The first-order valence-electron chi connectivity index (χ1n) is 7.48. The fourth-order valence-electron chi connectivity index (χ4n) is 3.37. The van der Waals surface area contributed by atoms with E-state index in [1.807, 2.05) is 9.58 Å². The van der Waals surface area contributed by atoms with Gasteiger partial charge in [-0.1, -0.05) is 12.8 Å². The first-order chi connectivity index (χ1) is 9.76. The van der Waals surface area contributed by atoms with Gasteiger partial charge in [0.1, 0.15) is 6.07 Å². The fraction of sp³-hybridized carbons (Fsp3) is 0.667. The van der Waals surface area contributed by atoms with Gasteiger partial charge in [-0.25, -0.2) is 0 Å². The predicted molar refractivity (Wildman–Crippen MR) is 73.8 cm³/mol. The number of carbonyl (C=O) groups is 1. The third-order valence-electron chi connectivity index (χ3n) is 4.56. The molecule has 1 aromatic heterocycles. The first kappa shape index (κ1) is 13.2. The molecule has 2 heterocycles. The molecular formula is C15H20N4O. The summed E-state index contributed by atoms with van der Waals surface area (Å²) in [4.78, 5) is 14.3. The molecule has 1 saturated carbocycles. The Hall–Kier alpha value is -1.83.